The van der Waals surface area contributed by atoms with Gasteiger partial charge in [-0.1, -0.05) is 0 Å². The number of carbonyl (C=O) groups is 2. The van der Waals surface area contributed by atoms with E-state index in [-0.39, 0.29) is 17.6 Å². The zero-order valence-electron chi connectivity index (χ0n) is 17.4. The molecule has 2 unspecified atom stereocenters. The van der Waals surface area contributed by atoms with E-state index in [1.165, 1.54) is 0 Å². The van der Waals surface area contributed by atoms with E-state index in [2.05, 4.69) is 10.2 Å². The molecule has 0 aromatic heterocycles. The first-order valence-corrected chi connectivity index (χ1v) is 10.5. The molecule has 1 amide bonds. The molecule has 7 nitrogen and oxygen atoms in total. The van der Waals surface area contributed by atoms with E-state index >= 15 is 0 Å². The monoisotopic (exact) mass is 404 g/mol. The lowest BCUT2D eigenvalue weighted by molar-refractivity contribution is -0.117. The van der Waals surface area contributed by atoms with Crippen molar-refractivity contribution in [3.05, 3.63) is 23.3 Å². The van der Waals surface area contributed by atoms with Crippen molar-refractivity contribution in [1.82, 2.24) is 10.2 Å². The van der Waals surface area contributed by atoms with Gasteiger partial charge in [0.05, 0.1) is 24.9 Å². The number of ketones is 1. The number of aryl methyl sites for hydroxylation is 1. The number of amides is 1. The van der Waals surface area contributed by atoms with E-state index in [0.29, 0.717) is 49.8 Å². The second kappa shape index (κ2) is 10.1. The maximum absolute atomic E-state index is 12.8. The highest BCUT2D eigenvalue weighted by molar-refractivity contribution is 5.98. The number of carbonyl (C=O) groups excluding carboxylic acids is 2. The Bertz CT molecular complexity index is 736. The number of β-amino-alcohol motifs (C(OH)–C–C–N with tert-alkyl or cyclic N) is 1. The molecule has 0 aliphatic carbocycles. The van der Waals surface area contributed by atoms with E-state index in [1.54, 1.807) is 6.92 Å². The molecule has 2 aliphatic heterocycles. The molecular formula is C22H32N2O5. The number of fused-ring (bicyclic) bond motifs is 1. The van der Waals surface area contributed by atoms with Gasteiger partial charge in [-0.15, -0.1) is 0 Å². The number of benzene rings is 1. The zero-order chi connectivity index (χ0) is 20.8. The molecule has 1 saturated heterocycles. The highest BCUT2D eigenvalue weighted by atomic mass is 16.5. The van der Waals surface area contributed by atoms with E-state index in [0.717, 1.165) is 37.9 Å². The number of aliphatic hydroxyl groups is 1. The van der Waals surface area contributed by atoms with Gasteiger partial charge >= 0.3 is 0 Å². The molecule has 3 rings (SSSR count). The van der Waals surface area contributed by atoms with Crippen LogP contribution in [-0.4, -0.2) is 67.2 Å². The van der Waals surface area contributed by atoms with Gasteiger partial charge in [-0.2, -0.15) is 0 Å². The van der Waals surface area contributed by atoms with Gasteiger partial charge in [-0.25, -0.2) is 0 Å². The number of hydrogen-bond acceptors (Lipinski definition) is 6. The molecule has 2 N–H and O–H groups in total. The molecule has 29 heavy (non-hydrogen) atoms. The first-order valence-electron chi connectivity index (χ1n) is 10.5. The molecule has 2 heterocycles. The minimum Gasteiger partial charge on any atom is -0.490 e. The number of piperidine rings is 1. The summed E-state index contributed by atoms with van der Waals surface area (Å²) >= 11 is 0. The number of Topliss-reactive ketones (excluding diaryl/α,β-unsaturated/α-hetero) is 1. The molecule has 0 spiro atoms. The summed E-state index contributed by atoms with van der Waals surface area (Å²) in [6.07, 6.45) is 2.51. The summed E-state index contributed by atoms with van der Waals surface area (Å²) in [5, 5.41) is 13.5. The lowest BCUT2D eigenvalue weighted by atomic mass is 9.93. The molecule has 1 aromatic rings. The molecule has 0 bridgehead atoms. The minimum atomic E-state index is -0.490. The van der Waals surface area contributed by atoms with E-state index in [4.69, 9.17) is 9.47 Å². The Morgan fingerprint density at radius 3 is 2.83 bits per heavy atom. The van der Waals surface area contributed by atoms with Crippen LogP contribution in [0, 0.1) is 12.8 Å². The summed E-state index contributed by atoms with van der Waals surface area (Å²) in [5.74, 6) is 1.14. The van der Waals surface area contributed by atoms with Gasteiger partial charge in [-0.05, 0) is 57.5 Å². The predicted molar refractivity (Wildman–Crippen MR) is 110 cm³/mol. The van der Waals surface area contributed by atoms with Crippen LogP contribution in [0.2, 0.25) is 0 Å². The molecular weight excluding hydrogens is 372 g/mol. The van der Waals surface area contributed by atoms with Crippen LogP contribution < -0.4 is 14.8 Å². The highest BCUT2D eigenvalue weighted by Crippen LogP contribution is 2.34. The third-order valence-electron chi connectivity index (χ3n) is 5.57. The third-order valence-corrected chi connectivity index (χ3v) is 5.57. The molecule has 7 heteroatoms. The van der Waals surface area contributed by atoms with Crippen molar-refractivity contribution < 1.29 is 24.2 Å². The fraction of sp³-hybridized carbons (Fsp3) is 0.636. The first-order chi connectivity index (χ1) is 13.9. The summed E-state index contributed by atoms with van der Waals surface area (Å²) in [6, 6.07) is 3.71. The lowest BCUT2D eigenvalue weighted by Gasteiger charge is -2.36. The second-order valence-corrected chi connectivity index (χ2v) is 8.12. The van der Waals surface area contributed by atoms with E-state index in [9.17, 15) is 14.7 Å². The van der Waals surface area contributed by atoms with Gasteiger partial charge in [0.15, 0.2) is 11.5 Å². The number of rotatable bonds is 7. The summed E-state index contributed by atoms with van der Waals surface area (Å²) in [7, 11) is 0. The average molecular weight is 405 g/mol. The Morgan fingerprint density at radius 1 is 1.28 bits per heavy atom. The number of nitrogens with zero attached hydrogens (tertiary/aromatic N) is 1. The van der Waals surface area contributed by atoms with Gasteiger partial charge in [0.1, 0.15) is 5.78 Å². The number of likely N-dealkylation sites (tertiary alicyclic amines) is 1. The average Bonchev–Trinajstić information content (AvgIpc) is 2.91. The molecule has 2 aliphatic rings. The Balaban J connectivity index is 1.54. The highest BCUT2D eigenvalue weighted by Gasteiger charge is 2.28. The van der Waals surface area contributed by atoms with Crippen molar-refractivity contribution in [2.24, 2.45) is 5.92 Å². The number of ether oxygens (including phenoxy) is 2. The topological polar surface area (TPSA) is 88.1 Å². The molecule has 1 aromatic carbocycles. The van der Waals surface area contributed by atoms with Gasteiger partial charge in [0.25, 0.3) is 5.91 Å². The summed E-state index contributed by atoms with van der Waals surface area (Å²) < 4.78 is 11.5. The third kappa shape index (κ3) is 5.93. The Kier molecular flexibility index (Phi) is 7.50. The molecule has 0 saturated carbocycles. The lowest BCUT2D eigenvalue weighted by Crippen LogP contribution is -2.47. The van der Waals surface area contributed by atoms with Crippen LogP contribution in [-0.2, 0) is 4.79 Å². The molecule has 2 atom stereocenters. The van der Waals surface area contributed by atoms with Crippen LogP contribution in [0.1, 0.15) is 48.5 Å². The van der Waals surface area contributed by atoms with Crippen LogP contribution in [0.5, 0.6) is 11.5 Å². The normalized spacial score (nSPS) is 22.0. The summed E-state index contributed by atoms with van der Waals surface area (Å²) in [5.41, 5.74) is 1.43. The Morgan fingerprint density at radius 2 is 2.07 bits per heavy atom. The number of hydrogen-bond donors (Lipinski definition) is 2. The smallest absolute Gasteiger partial charge is 0.255 e. The largest absolute Gasteiger partial charge is 0.490 e. The number of nitrogens with one attached hydrogen (secondary N) is 1. The summed E-state index contributed by atoms with van der Waals surface area (Å²) in [4.78, 5) is 26.1. The predicted octanol–water partition coefficient (Wildman–Crippen LogP) is 1.94. The van der Waals surface area contributed by atoms with Gasteiger partial charge < -0.3 is 29.6 Å². The summed E-state index contributed by atoms with van der Waals surface area (Å²) in [6.45, 7) is 7.33. The van der Waals surface area contributed by atoms with Crippen LogP contribution >= 0.6 is 0 Å². The Labute approximate surface area is 172 Å². The second-order valence-electron chi connectivity index (χ2n) is 8.12. The van der Waals surface area contributed by atoms with Gasteiger partial charge in [0, 0.05) is 31.8 Å². The van der Waals surface area contributed by atoms with Crippen molar-refractivity contribution >= 4 is 11.7 Å². The number of aliphatic hydroxyl groups excluding tert-OH is 1. The quantitative estimate of drug-likeness (QED) is 0.722. The van der Waals surface area contributed by atoms with Crippen molar-refractivity contribution in [2.45, 2.75) is 45.6 Å². The maximum Gasteiger partial charge on any atom is 0.255 e. The van der Waals surface area contributed by atoms with Crippen molar-refractivity contribution in [3.8, 4) is 11.5 Å². The van der Waals surface area contributed by atoms with Crippen molar-refractivity contribution in [2.75, 3.05) is 39.4 Å². The van der Waals surface area contributed by atoms with E-state index < -0.39 is 6.10 Å². The van der Waals surface area contributed by atoms with E-state index in [1.807, 2.05) is 19.1 Å². The van der Waals surface area contributed by atoms with Gasteiger partial charge in [0.2, 0.25) is 0 Å². The molecule has 1 fully saturated rings. The fourth-order valence-electron chi connectivity index (χ4n) is 3.94. The fourth-order valence-corrected chi connectivity index (χ4v) is 3.94. The van der Waals surface area contributed by atoms with Gasteiger partial charge in [-0.3, -0.25) is 4.79 Å². The zero-order valence-corrected chi connectivity index (χ0v) is 17.4. The van der Waals surface area contributed by atoms with Crippen molar-refractivity contribution in [1.29, 1.82) is 0 Å². The van der Waals surface area contributed by atoms with Crippen LogP contribution in [0.15, 0.2) is 12.1 Å². The standard InChI is InChI=1S/C22H32N2O5/c1-15-11-18(21-20(12-15)28-9-4-10-29-21)22(27)23-13-17-6-8-24(14-19(17)26)7-3-5-16(2)25/h11-12,17,19,26H,3-10,13-14H2,1-2H3,(H,23,27). The Hall–Kier alpha value is -2.12. The molecule has 0 radical (unpaired) electrons. The molecule has 160 valence electrons. The SMILES string of the molecule is CC(=O)CCCN1CCC(CNC(=O)c2cc(C)cc3c2OCCCO3)C(O)C1. The van der Waals surface area contributed by atoms with Crippen molar-refractivity contribution in [3.63, 3.8) is 0 Å². The van der Waals surface area contributed by atoms with Crippen LogP contribution in [0.4, 0.5) is 0 Å². The van der Waals surface area contributed by atoms with Crippen LogP contribution in [0.3, 0.4) is 0 Å². The minimum absolute atomic E-state index is 0.0172. The first kappa shape index (κ1) is 21.6. The van der Waals surface area contributed by atoms with Crippen LogP contribution in [0.25, 0.3) is 0 Å². The maximum atomic E-state index is 12.8.